The topological polar surface area (TPSA) is 68.7 Å². The molecule has 34 heavy (non-hydrogen) atoms. The van der Waals surface area contributed by atoms with Crippen molar-refractivity contribution < 1.29 is 0 Å². The molecule has 4 aromatic heterocycles. The molecule has 6 aromatic rings. The molecule has 4 heterocycles. The standard InChI is InChI=1S/2C13H12N2OS/c2*1-3-9-8(2)17-13-14-10-6-4-5-7-11(10)15(13)12(9)16/h2*4-7H,3H2,1-2H3. The van der Waals surface area contributed by atoms with Gasteiger partial charge in [0.05, 0.1) is 22.1 Å². The van der Waals surface area contributed by atoms with E-state index in [4.69, 9.17) is 0 Å². The zero-order valence-corrected chi connectivity index (χ0v) is 21.1. The molecule has 172 valence electrons. The highest BCUT2D eigenvalue weighted by Crippen LogP contribution is 2.22. The highest BCUT2D eigenvalue weighted by molar-refractivity contribution is 7.17. The molecule has 6 nitrogen and oxygen atoms in total. The van der Waals surface area contributed by atoms with Crippen molar-refractivity contribution in [3.63, 3.8) is 0 Å². The molecule has 0 N–H and O–H groups in total. The lowest BCUT2D eigenvalue weighted by Gasteiger charge is -2.02. The number of hydrogen-bond donors (Lipinski definition) is 0. The van der Waals surface area contributed by atoms with Crippen LogP contribution >= 0.6 is 22.7 Å². The van der Waals surface area contributed by atoms with Crippen LogP contribution in [0.1, 0.15) is 34.7 Å². The Kier molecular flexibility index (Phi) is 5.79. The summed E-state index contributed by atoms with van der Waals surface area (Å²) in [4.78, 5) is 37.5. The molecule has 0 bridgehead atoms. The SMILES string of the molecule is CCc1c(C)sc2nc3ccccc3n2c1=O.CCc1c(C)sc2nc3ccccc3n2c1=O. The first-order chi connectivity index (χ1) is 16.4. The van der Waals surface area contributed by atoms with Crippen molar-refractivity contribution in [1.29, 1.82) is 0 Å². The Morgan fingerprint density at radius 2 is 1.06 bits per heavy atom. The number of fused-ring (bicyclic) bond motifs is 6. The van der Waals surface area contributed by atoms with Gasteiger partial charge >= 0.3 is 0 Å². The second-order valence-electron chi connectivity index (χ2n) is 8.03. The van der Waals surface area contributed by atoms with Crippen LogP contribution in [-0.4, -0.2) is 18.8 Å². The highest BCUT2D eigenvalue weighted by atomic mass is 32.1. The summed E-state index contributed by atoms with van der Waals surface area (Å²) in [5, 5.41) is 0. The molecule has 0 atom stereocenters. The van der Waals surface area contributed by atoms with E-state index in [0.717, 1.165) is 65.7 Å². The molecule has 0 aliphatic rings. The number of nitrogens with zero attached hydrogens (tertiary/aromatic N) is 4. The summed E-state index contributed by atoms with van der Waals surface area (Å²) in [5.41, 5.74) is 5.51. The van der Waals surface area contributed by atoms with E-state index < -0.39 is 0 Å². The summed E-state index contributed by atoms with van der Waals surface area (Å²) < 4.78 is 3.46. The fourth-order valence-corrected chi connectivity index (χ4v) is 6.40. The van der Waals surface area contributed by atoms with Crippen LogP contribution in [0, 0.1) is 13.8 Å². The minimum Gasteiger partial charge on any atom is -0.269 e. The lowest BCUT2D eigenvalue weighted by molar-refractivity contribution is 1.03. The number of aryl methyl sites for hydroxylation is 2. The van der Waals surface area contributed by atoms with Crippen LogP contribution in [0.25, 0.3) is 32.0 Å². The van der Waals surface area contributed by atoms with Crippen LogP contribution in [0.5, 0.6) is 0 Å². The normalized spacial score (nSPS) is 11.4. The second-order valence-corrected chi connectivity index (χ2v) is 10.4. The van der Waals surface area contributed by atoms with E-state index in [1.807, 2.05) is 76.2 Å². The van der Waals surface area contributed by atoms with Gasteiger partial charge in [0.15, 0.2) is 9.92 Å². The fourth-order valence-electron chi connectivity index (χ4n) is 4.31. The first-order valence-electron chi connectivity index (χ1n) is 11.2. The van der Waals surface area contributed by atoms with Gasteiger partial charge in [0.2, 0.25) is 0 Å². The maximum absolute atomic E-state index is 12.4. The molecule has 0 saturated heterocycles. The van der Waals surface area contributed by atoms with Gasteiger partial charge in [0, 0.05) is 20.9 Å². The molecule has 2 aromatic carbocycles. The number of benzene rings is 2. The molecule has 0 saturated carbocycles. The average Bonchev–Trinajstić information content (AvgIpc) is 3.37. The summed E-state index contributed by atoms with van der Waals surface area (Å²) in [6, 6.07) is 15.5. The van der Waals surface area contributed by atoms with Gasteiger partial charge in [-0.2, -0.15) is 0 Å². The molecular weight excluding hydrogens is 464 g/mol. The fraction of sp³-hybridized carbons (Fsp3) is 0.231. The Bertz CT molecular complexity index is 1670. The number of rotatable bonds is 2. The molecule has 0 radical (unpaired) electrons. The Labute approximate surface area is 203 Å². The Hall–Kier alpha value is -3.36. The van der Waals surface area contributed by atoms with Crippen LogP contribution in [0.2, 0.25) is 0 Å². The zero-order valence-electron chi connectivity index (χ0n) is 19.5. The lowest BCUT2D eigenvalue weighted by Crippen LogP contribution is -2.17. The second kappa shape index (κ2) is 8.77. The smallest absolute Gasteiger partial charge is 0.261 e. The summed E-state index contributed by atoms with van der Waals surface area (Å²) in [6.07, 6.45) is 1.53. The highest BCUT2D eigenvalue weighted by Gasteiger charge is 2.13. The minimum atomic E-state index is 0.0763. The Balaban J connectivity index is 0.000000142. The van der Waals surface area contributed by atoms with Gasteiger partial charge in [-0.1, -0.05) is 38.1 Å². The quantitative estimate of drug-likeness (QED) is 0.320. The molecule has 0 amide bonds. The maximum atomic E-state index is 12.4. The van der Waals surface area contributed by atoms with E-state index in [9.17, 15) is 9.59 Å². The predicted molar refractivity (Wildman–Crippen MR) is 142 cm³/mol. The van der Waals surface area contributed by atoms with E-state index in [1.165, 1.54) is 0 Å². The molecule has 8 heteroatoms. The monoisotopic (exact) mass is 488 g/mol. The van der Waals surface area contributed by atoms with Crippen molar-refractivity contribution in [2.45, 2.75) is 40.5 Å². The third-order valence-corrected chi connectivity index (χ3v) is 8.05. The Morgan fingerprint density at radius 3 is 1.44 bits per heavy atom. The predicted octanol–water partition coefficient (Wildman–Crippen LogP) is 5.56. The van der Waals surface area contributed by atoms with E-state index in [1.54, 1.807) is 31.5 Å². The first kappa shape index (κ1) is 22.4. The summed E-state index contributed by atoms with van der Waals surface area (Å²) >= 11 is 3.17. The van der Waals surface area contributed by atoms with E-state index in [0.29, 0.717) is 0 Å². The van der Waals surface area contributed by atoms with Crippen molar-refractivity contribution >= 4 is 54.7 Å². The average molecular weight is 489 g/mol. The molecule has 0 unspecified atom stereocenters. The molecule has 6 rings (SSSR count). The van der Waals surface area contributed by atoms with Crippen molar-refractivity contribution in [2.24, 2.45) is 0 Å². The van der Waals surface area contributed by atoms with Crippen molar-refractivity contribution in [3.8, 4) is 0 Å². The van der Waals surface area contributed by atoms with E-state index in [-0.39, 0.29) is 11.1 Å². The van der Waals surface area contributed by atoms with Gasteiger partial charge in [-0.15, -0.1) is 22.7 Å². The van der Waals surface area contributed by atoms with Crippen LogP contribution in [0.4, 0.5) is 0 Å². The van der Waals surface area contributed by atoms with Gasteiger partial charge in [-0.25, -0.2) is 18.8 Å². The Morgan fingerprint density at radius 1 is 0.676 bits per heavy atom. The van der Waals surface area contributed by atoms with Crippen molar-refractivity contribution in [1.82, 2.24) is 18.8 Å². The largest absolute Gasteiger partial charge is 0.269 e. The van der Waals surface area contributed by atoms with Gasteiger partial charge in [-0.05, 0) is 51.0 Å². The van der Waals surface area contributed by atoms with Gasteiger partial charge < -0.3 is 0 Å². The van der Waals surface area contributed by atoms with Crippen LogP contribution in [0.15, 0.2) is 58.1 Å². The molecule has 0 spiro atoms. The van der Waals surface area contributed by atoms with E-state index in [2.05, 4.69) is 9.97 Å². The summed E-state index contributed by atoms with van der Waals surface area (Å²) in [5.74, 6) is 0. The molecule has 0 aliphatic carbocycles. The van der Waals surface area contributed by atoms with E-state index >= 15 is 0 Å². The maximum Gasteiger partial charge on any atom is 0.261 e. The molecule has 0 fully saturated rings. The van der Waals surface area contributed by atoms with Crippen molar-refractivity contribution in [3.05, 3.63) is 90.1 Å². The number of imidazole rings is 2. The van der Waals surface area contributed by atoms with Crippen LogP contribution in [0.3, 0.4) is 0 Å². The number of hydrogen-bond acceptors (Lipinski definition) is 6. The van der Waals surface area contributed by atoms with Crippen molar-refractivity contribution in [2.75, 3.05) is 0 Å². The van der Waals surface area contributed by atoms with Gasteiger partial charge in [-0.3, -0.25) is 9.59 Å². The zero-order chi connectivity index (χ0) is 24.0. The third kappa shape index (κ3) is 3.54. The first-order valence-corrected chi connectivity index (χ1v) is 12.9. The summed E-state index contributed by atoms with van der Waals surface area (Å²) in [6.45, 7) is 8.01. The molecule has 0 aliphatic heterocycles. The van der Waals surface area contributed by atoms with Crippen LogP contribution in [-0.2, 0) is 12.8 Å². The summed E-state index contributed by atoms with van der Waals surface area (Å²) in [7, 11) is 0. The van der Waals surface area contributed by atoms with Gasteiger partial charge in [0.25, 0.3) is 11.1 Å². The number of para-hydroxylation sites is 4. The molecular formula is C26H24N4O2S2. The number of aromatic nitrogens is 4. The minimum absolute atomic E-state index is 0.0763. The lowest BCUT2D eigenvalue weighted by atomic mass is 10.2. The van der Waals surface area contributed by atoms with Crippen LogP contribution < -0.4 is 11.1 Å². The third-order valence-electron chi connectivity index (χ3n) is 6.03. The van der Waals surface area contributed by atoms with Gasteiger partial charge in [0.1, 0.15) is 0 Å².